The third-order valence-corrected chi connectivity index (χ3v) is 3.78. The van der Waals surface area contributed by atoms with Crippen LogP contribution in [0, 0.1) is 4.77 Å². The molecule has 1 aromatic heterocycles. The Labute approximate surface area is 111 Å². The SMILES string of the molecule is COc1ccc2c(c1)[nH]c(=S)n2C1CCOCC1. The minimum Gasteiger partial charge on any atom is -0.497 e. The maximum absolute atomic E-state index is 5.44. The van der Waals surface area contributed by atoms with Gasteiger partial charge in [-0.3, -0.25) is 0 Å². The summed E-state index contributed by atoms with van der Waals surface area (Å²) in [6.45, 7) is 1.63. The highest BCUT2D eigenvalue weighted by Crippen LogP contribution is 2.28. The van der Waals surface area contributed by atoms with Crippen molar-refractivity contribution in [2.45, 2.75) is 18.9 Å². The number of imidazole rings is 1. The average molecular weight is 264 g/mol. The molecule has 0 bridgehead atoms. The summed E-state index contributed by atoms with van der Waals surface area (Å²) in [5.74, 6) is 0.845. The minimum atomic E-state index is 0.438. The number of ether oxygens (including phenoxy) is 2. The molecule has 1 saturated heterocycles. The maximum Gasteiger partial charge on any atom is 0.178 e. The van der Waals surface area contributed by atoms with Crippen LogP contribution < -0.4 is 4.74 Å². The number of hydrogen-bond donors (Lipinski definition) is 1. The summed E-state index contributed by atoms with van der Waals surface area (Å²) < 4.78 is 13.6. The van der Waals surface area contributed by atoms with E-state index in [9.17, 15) is 0 Å². The van der Waals surface area contributed by atoms with Crippen molar-refractivity contribution in [3.63, 3.8) is 0 Å². The van der Waals surface area contributed by atoms with E-state index in [0.717, 1.165) is 47.6 Å². The lowest BCUT2D eigenvalue weighted by molar-refractivity contribution is 0.0702. The third-order valence-electron chi connectivity index (χ3n) is 3.48. The molecule has 18 heavy (non-hydrogen) atoms. The van der Waals surface area contributed by atoms with Gasteiger partial charge >= 0.3 is 0 Å². The molecule has 1 aliphatic rings. The normalized spacial score (nSPS) is 17.2. The molecule has 3 rings (SSSR count). The molecule has 4 nitrogen and oxygen atoms in total. The van der Waals surface area contributed by atoms with Gasteiger partial charge in [-0.15, -0.1) is 0 Å². The number of aromatic nitrogens is 2. The zero-order chi connectivity index (χ0) is 12.5. The molecule has 96 valence electrons. The minimum absolute atomic E-state index is 0.438. The molecular weight excluding hydrogens is 248 g/mol. The second kappa shape index (κ2) is 4.74. The first-order valence-electron chi connectivity index (χ1n) is 6.15. The largest absolute Gasteiger partial charge is 0.497 e. The Morgan fingerprint density at radius 3 is 2.89 bits per heavy atom. The molecular formula is C13H16N2O2S. The van der Waals surface area contributed by atoms with Gasteiger partial charge in [-0.05, 0) is 37.2 Å². The highest BCUT2D eigenvalue weighted by atomic mass is 32.1. The standard InChI is InChI=1S/C13H16N2O2S/c1-16-10-2-3-12-11(8-10)14-13(18)15(12)9-4-6-17-7-5-9/h2-3,8-9H,4-7H2,1H3,(H,14,18). The number of methoxy groups -OCH3 is 1. The Hall–Kier alpha value is -1.33. The van der Waals surface area contributed by atoms with Crippen molar-refractivity contribution < 1.29 is 9.47 Å². The summed E-state index contributed by atoms with van der Waals surface area (Å²) in [5.41, 5.74) is 2.18. The van der Waals surface area contributed by atoms with Crippen LogP contribution >= 0.6 is 12.2 Å². The molecule has 0 aliphatic carbocycles. The fraction of sp³-hybridized carbons (Fsp3) is 0.462. The van der Waals surface area contributed by atoms with E-state index < -0.39 is 0 Å². The predicted molar refractivity (Wildman–Crippen MR) is 72.8 cm³/mol. The smallest absolute Gasteiger partial charge is 0.178 e. The van der Waals surface area contributed by atoms with Crippen molar-refractivity contribution in [1.82, 2.24) is 9.55 Å². The molecule has 0 radical (unpaired) electrons. The Balaban J connectivity index is 2.10. The summed E-state index contributed by atoms with van der Waals surface area (Å²) in [7, 11) is 1.67. The van der Waals surface area contributed by atoms with E-state index in [1.807, 2.05) is 12.1 Å². The first kappa shape index (κ1) is 11.7. The van der Waals surface area contributed by atoms with Crippen molar-refractivity contribution in [2.75, 3.05) is 20.3 Å². The van der Waals surface area contributed by atoms with E-state index in [2.05, 4.69) is 15.6 Å². The van der Waals surface area contributed by atoms with Crippen LogP contribution in [0.15, 0.2) is 18.2 Å². The lowest BCUT2D eigenvalue weighted by Gasteiger charge is -2.24. The van der Waals surface area contributed by atoms with Gasteiger partial charge in [0.25, 0.3) is 0 Å². The van der Waals surface area contributed by atoms with Crippen molar-refractivity contribution >= 4 is 23.3 Å². The summed E-state index contributed by atoms with van der Waals surface area (Å²) in [4.78, 5) is 3.26. The van der Waals surface area contributed by atoms with Crippen LogP contribution in [0.3, 0.4) is 0 Å². The van der Waals surface area contributed by atoms with Crippen LogP contribution in [0.5, 0.6) is 5.75 Å². The predicted octanol–water partition coefficient (Wildman–Crippen LogP) is 3.06. The summed E-state index contributed by atoms with van der Waals surface area (Å²) in [6.07, 6.45) is 2.04. The van der Waals surface area contributed by atoms with E-state index in [-0.39, 0.29) is 0 Å². The molecule has 5 heteroatoms. The molecule has 0 spiro atoms. The van der Waals surface area contributed by atoms with E-state index >= 15 is 0 Å². The lowest BCUT2D eigenvalue weighted by Crippen LogP contribution is -2.19. The number of rotatable bonds is 2. The lowest BCUT2D eigenvalue weighted by atomic mass is 10.1. The number of aromatic amines is 1. The fourth-order valence-electron chi connectivity index (χ4n) is 2.54. The van der Waals surface area contributed by atoms with Crippen molar-refractivity contribution in [3.8, 4) is 5.75 Å². The zero-order valence-electron chi connectivity index (χ0n) is 10.3. The van der Waals surface area contributed by atoms with Crippen LogP contribution in [0.4, 0.5) is 0 Å². The Morgan fingerprint density at radius 2 is 2.17 bits per heavy atom. The van der Waals surface area contributed by atoms with Gasteiger partial charge < -0.3 is 19.0 Å². The molecule has 0 atom stereocenters. The van der Waals surface area contributed by atoms with Gasteiger partial charge in [0, 0.05) is 25.3 Å². The highest BCUT2D eigenvalue weighted by molar-refractivity contribution is 7.71. The maximum atomic E-state index is 5.44. The molecule has 1 aliphatic heterocycles. The average Bonchev–Trinajstić information content (AvgIpc) is 2.74. The molecule has 1 aromatic carbocycles. The zero-order valence-corrected chi connectivity index (χ0v) is 11.1. The first-order chi connectivity index (χ1) is 8.79. The molecule has 0 amide bonds. The highest BCUT2D eigenvalue weighted by Gasteiger charge is 2.18. The first-order valence-corrected chi connectivity index (χ1v) is 6.56. The number of hydrogen-bond acceptors (Lipinski definition) is 3. The van der Waals surface area contributed by atoms with Crippen molar-refractivity contribution in [3.05, 3.63) is 23.0 Å². The van der Waals surface area contributed by atoms with Gasteiger partial charge in [0.15, 0.2) is 4.77 Å². The van der Waals surface area contributed by atoms with Crippen LogP contribution in [0.25, 0.3) is 11.0 Å². The van der Waals surface area contributed by atoms with E-state index in [1.165, 1.54) is 0 Å². The summed E-state index contributed by atoms with van der Waals surface area (Å²) >= 11 is 5.44. The van der Waals surface area contributed by atoms with Gasteiger partial charge in [-0.1, -0.05) is 0 Å². The molecule has 1 N–H and O–H groups in total. The molecule has 2 aromatic rings. The second-order valence-corrected chi connectivity index (χ2v) is 4.91. The van der Waals surface area contributed by atoms with Crippen LogP contribution in [-0.2, 0) is 4.74 Å². The Kier molecular flexibility index (Phi) is 3.09. The van der Waals surface area contributed by atoms with Crippen molar-refractivity contribution in [1.29, 1.82) is 0 Å². The van der Waals surface area contributed by atoms with Crippen LogP contribution in [0.2, 0.25) is 0 Å². The van der Waals surface area contributed by atoms with E-state index in [4.69, 9.17) is 21.7 Å². The number of H-pyrrole nitrogens is 1. The van der Waals surface area contributed by atoms with Crippen LogP contribution in [0.1, 0.15) is 18.9 Å². The molecule has 0 unspecified atom stereocenters. The van der Waals surface area contributed by atoms with E-state index in [1.54, 1.807) is 7.11 Å². The molecule has 2 heterocycles. The third kappa shape index (κ3) is 1.93. The molecule has 1 fully saturated rings. The van der Waals surface area contributed by atoms with Gasteiger partial charge in [-0.25, -0.2) is 0 Å². The number of nitrogens with one attached hydrogen (secondary N) is 1. The number of fused-ring (bicyclic) bond motifs is 1. The van der Waals surface area contributed by atoms with Crippen molar-refractivity contribution in [2.24, 2.45) is 0 Å². The summed E-state index contributed by atoms with van der Waals surface area (Å²) in [6, 6.07) is 6.46. The van der Waals surface area contributed by atoms with Crippen LogP contribution in [-0.4, -0.2) is 29.9 Å². The van der Waals surface area contributed by atoms with Gasteiger partial charge in [0.1, 0.15) is 5.75 Å². The number of benzene rings is 1. The topological polar surface area (TPSA) is 39.2 Å². The summed E-state index contributed by atoms with van der Waals surface area (Å²) in [5, 5.41) is 0. The quantitative estimate of drug-likeness (QED) is 0.847. The van der Waals surface area contributed by atoms with Gasteiger partial charge in [-0.2, -0.15) is 0 Å². The monoisotopic (exact) mass is 264 g/mol. The van der Waals surface area contributed by atoms with E-state index in [0.29, 0.717) is 6.04 Å². The fourth-order valence-corrected chi connectivity index (χ4v) is 2.90. The Morgan fingerprint density at radius 1 is 1.39 bits per heavy atom. The Bertz CT molecular complexity index is 611. The second-order valence-electron chi connectivity index (χ2n) is 4.53. The van der Waals surface area contributed by atoms with Gasteiger partial charge in [0.05, 0.1) is 18.1 Å². The number of nitrogens with zero attached hydrogens (tertiary/aromatic N) is 1. The molecule has 0 saturated carbocycles. The van der Waals surface area contributed by atoms with Gasteiger partial charge in [0.2, 0.25) is 0 Å².